The van der Waals surface area contributed by atoms with Gasteiger partial charge < -0.3 is 9.67 Å². The third kappa shape index (κ3) is 5.22. The summed E-state index contributed by atoms with van der Waals surface area (Å²) >= 11 is 0. The molecule has 1 heterocycles. The maximum absolute atomic E-state index is 12.1. The van der Waals surface area contributed by atoms with E-state index in [1.807, 2.05) is 42.1 Å². The SMILES string of the molecule is Cn1cccc1CC(=O)NN=Cc1cc(C(C)(C)C)c(O)c(C(C)(C)C)c1. The van der Waals surface area contributed by atoms with Crippen LogP contribution in [0.3, 0.4) is 0 Å². The molecule has 5 nitrogen and oxygen atoms in total. The van der Waals surface area contributed by atoms with Crippen molar-refractivity contribution in [2.24, 2.45) is 12.1 Å². The second-order valence-electron chi connectivity index (χ2n) is 9.05. The average molecular weight is 370 g/mol. The zero-order chi connectivity index (χ0) is 20.4. The van der Waals surface area contributed by atoms with Crippen molar-refractivity contribution in [2.75, 3.05) is 0 Å². The van der Waals surface area contributed by atoms with Crippen LogP contribution in [0.5, 0.6) is 5.75 Å². The van der Waals surface area contributed by atoms with Crippen molar-refractivity contribution in [2.45, 2.75) is 58.8 Å². The van der Waals surface area contributed by atoms with Gasteiger partial charge in [-0.15, -0.1) is 0 Å². The molecule has 0 spiro atoms. The molecule has 0 fully saturated rings. The summed E-state index contributed by atoms with van der Waals surface area (Å²) in [6.45, 7) is 12.4. The molecule has 0 aliphatic rings. The Balaban J connectivity index is 2.23. The van der Waals surface area contributed by atoms with Gasteiger partial charge in [-0.3, -0.25) is 4.79 Å². The molecule has 0 unspecified atom stereocenters. The van der Waals surface area contributed by atoms with E-state index in [1.54, 1.807) is 6.21 Å². The number of nitrogens with zero attached hydrogens (tertiary/aromatic N) is 2. The molecule has 2 N–H and O–H groups in total. The molecule has 27 heavy (non-hydrogen) atoms. The van der Waals surface area contributed by atoms with Gasteiger partial charge in [0, 0.05) is 30.1 Å². The van der Waals surface area contributed by atoms with E-state index in [2.05, 4.69) is 52.1 Å². The van der Waals surface area contributed by atoms with Gasteiger partial charge in [0.05, 0.1) is 12.6 Å². The molecular weight excluding hydrogens is 338 g/mol. The van der Waals surface area contributed by atoms with Crippen molar-refractivity contribution >= 4 is 12.1 Å². The Morgan fingerprint density at radius 2 is 1.70 bits per heavy atom. The van der Waals surface area contributed by atoms with Crippen LogP contribution in [0.25, 0.3) is 0 Å². The molecule has 0 radical (unpaired) electrons. The third-order valence-corrected chi connectivity index (χ3v) is 4.54. The number of amides is 1. The molecule has 1 amide bonds. The summed E-state index contributed by atoms with van der Waals surface area (Å²) < 4.78 is 1.91. The van der Waals surface area contributed by atoms with Crippen molar-refractivity contribution in [3.63, 3.8) is 0 Å². The van der Waals surface area contributed by atoms with E-state index in [0.717, 1.165) is 22.4 Å². The lowest BCUT2D eigenvalue weighted by atomic mass is 9.78. The fourth-order valence-electron chi connectivity index (χ4n) is 2.94. The van der Waals surface area contributed by atoms with Crippen LogP contribution in [0, 0.1) is 0 Å². The first-order valence-electron chi connectivity index (χ1n) is 9.19. The largest absolute Gasteiger partial charge is 0.507 e. The van der Waals surface area contributed by atoms with Crippen molar-refractivity contribution in [1.29, 1.82) is 0 Å². The predicted octanol–water partition coefficient (Wildman–Crippen LogP) is 4.02. The Kier molecular flexibility index (Phi) is 5.83. The first kappa shape index (κ1) is 20.7. The number of nitrogens with one attached hydrogen (secondary N) is 1. The second kappa shape index (κ2) is 7.59. The molecule has 0 aliphatic heterocycles. The van der Waals surface area contributed by atoms with E-state index in [1.165, 1.54) is 0 Å². The van der Waals surface area contributed by atoms with Gasteiger partial charge in [-0.25, -0.2) is 5.43 Å². The monoisotopic (exact) mass is 369 g/mol. The third-order valence-electron chi connectivity index (χ3n) is 4.54. The number of carbonyl (C=O) groups is 1. The van der Waals surface area contributed by atoms with Crippen LogP contribution >= 0.6 is 0 Å². The first-order valence-corrected chi connectivity index (χ1v) is 9.19. The normalized spacial score (nSPS) is 12.6. The van der Waals surface area contributed by atoms with Crippen LogP contribution in [0.4, 0.5) is 0 Å². The Morgan fingerprint density at radius 1 is 1.15 bits per heavy atom. The molecule has 2 aromatic rings. The van der Waals surface area contributed by atoms with Gasteiger partial charge in [0.1, 0.15) is 5.75 Å². The number of hydrogen-bond donors (Lipinski definition) is 2. The highest BCUT2D eigenvalue weighted by Crippen LogP contribution is 2.39. The summed E-state index contributed by atoms with van der Waals surface area (Å²) in [5.41, 5.74) is 5.68. The molecule has 0 saturated carbocycles. The number of carbonyl (C=O) groups excluding carboxylic acids is 1. The van der Waals surface area contributed by atoms with Crippen molar-refractivity contribution in [3.05, 3.63) is 52.8 Å². The number of rotatable bonds is 4. The lowest BCUT2D eigenvalue weighted by Gasteiger charge is -2.27. The number of benzene rings is 1. The Hall–Kier alpha value is -2.56. The maximum atomic E-state index is 12.1. The number of aromatic hydroxyl groups is 1. The summed E-state index contributed by atoms with van der Waals surface area (Å²) in [6.07, 6.45) is 3.81. The van der Waals surface area contributed by atoms with E-state index in [0.29, 0.717) is 5.75 Å². The van der Waals surface area contributed by atoms with E-state index in [9.17, 15) is 9.90 Å². The minimum Gasteiger partial charge on any atom is -0.507 e. The Bertz CT molecular complexity index is 814. The van der Waals surface area contributed by atoms with Crippen LogP contribution in [0.15, 0.2) is 35.6 Å². The predicted molar refractivity (Wildman–Crippen MR) is 110 cm³/mol. The molecule has 0 aliphatic carbocycles. The lowest BCUT2D eigenvalue weighted by molar-refractivity contribution is -0.120. The van der Waals surface area contributed by atoms with Crippen LogP contribution in [0.1, 0.15) is 63.9 Å². The lowest BCUT2D eigenvalue weighted by Crippen LogP contribution is -2.21. The van der Waals surface area contributed by atoms with Gasteiger partial charge in [0.15, 0.2) is 0 Å². The zero-order valence-electron chi connectivity index (χ0n) is 17.4. The number of hydrazone groups is 1. The second-order valence-corrected chi connectivity index (χ2v) is 9.05. The van der Waals surface area contributed by atoms with Crippen molar-refractivity contribution < 1.29 is 9.90 Å². The number of phenols is 1. The molecule has 0 bridgehead atoms. The topological polar surface area (TPSA) is 66.6 Å². The summed E-state index contributed by atoms with van der Waals surface area (Å²) in [4.78, 5) is 12.1. The zero-order valence-corrected chi connectivity index (χ0v) is 17.4. The molecule has 5 heteroatoms. The number of hydrogen-bond acceptors (Lipinski definition) is 3. The summed E-state index contributed by atoms with van der Waals surface area (Å²) in [7, 11) is 1.91. The maximum Gasteiger partial charge on any atom is 0.245 e. The van der Waals surface area contributed by atoms with Gasteiger partial charge in [-0.2, -0.15) is 5.10 Å². The van der Waals surface area contributed by atoms with Gasteiger partial charge in [-0.05, 0) is 40.7 Å². The average Bonchev–Trinajstić information content (AvgIpc) is 2.91. The number of aromatic nitrogens is 1. The Morgan fingerprint density at radius 3 is 2.15 bits per heavy atom. The summed E-state index contributed by atoms with van der Waals surface area (Å²) in [6, 6.07) is 7.67. The highest BCUT2D eigenvalue weighted by molar-refractivity contribution is 5.84. The summed E-state index contributed by atoms with van der Waals surface area (Å²) in [5.74, 6) is 0.166. The van der Waals surface area contributed by atoms with Gasteiger partial charge in [0.2, 0.25) is 5.91 Å². The van der Waals surface area contributed by atoms with E-state index < -0.39 is 0 Å². The minimum absolute atomic E-state index is 0.168. The van der Waals surface area contributed by atoms with Crippen LogP contribution < -0.4 is 5.43 Å². The minimum atomic E-state index is -0.205. The first-order chi connectivity index (χ1) is 12.4. The van der Waals surface area contributed by atoms with Gasteiger partial charge in [0.25, 0.3) is 0 Å². The molecule has 0 saturated heterocycles. The fourth-order valence-corrected chi connectivity index (χ4v) is 2.94. The molecule has 0 atom stereocenters. The molecule has 146 valence electrons. The van der Waals surface area contributed by atoms with E-state index >= 15 is 0 Å². The van der Waals surface area contributed by atoms with Crippen LogP contribution in [0.2, 0.25) is 0 Å². The highest BCUT2D eigenvalue weighted by Gasteiger charge is 2.26. The van der Waals surface area contributed by atoms with E-state index in [-0.39, 0.29) is 23.2 Å². The smallest absolute Gasteiger partial charge is 0.245 e. The van der Waals surface area contributed by atoms with Gasteiger partial charge >= 0.3 is 0 Å². The van der Waals surface area contributed by atoms with Crippen LogP contribution in [-0.2, 0) is 29.1 Å². The number of phenolic OH excluding ortho intramolecular Hbond substituents is 1. The van der Waals surface area contributed by atoms with Crippen molar-refractivity contribution in [1.82, 2.24) is 9.99 Å². The van der Waals surface area contributed by atoms with Crippen LogP contribution in [-0.4, -0.2) is 21.8 Å². The standard InChI is InChI=1S/C22H31N3O2/c1-21(2,3)17-11-15(12-18(20(17)27)22(4,5)6)14-23-24-19(26)13-16-9-8-10-25(16)7/h8-12,14,27H,13H2,1-7H3,(H,24,26). The Labute approximate surface area is 162 Å². The molecule has 2 rings (SSSR count). The fraction of sp³-hybridized carbons (Fsp3) is 0.455. The molecule has 1 aromatic carbocycles. The van der Waals surface area contributed by atoms with Gasteiger partial charge in [-0.1, -0.05) is 41.5 Å². The molecular formula is C22H31N3O2. The van der Waals surface area contributed by atoms with Crippen molar-refractivity contribution in [3.8, 4) is 5.75 Å². The molecule has 1 aromatic heterocycles. The van der Waals surface area contributed by atoms with E-state index in [4.69, 9.17) is 0 Å². The highest BCUT2D eigenvalue weighted by atomic mass is 16.3. The quantitative estimate of drug-likeness (QED) is 0.631. The number of aryl methyl sites for hydroxylation is 1. The summed E-state index contributed by atoms with van der Waals surface area (Å²) in [5, 5.41) is 14.9.